The minimum absolute atomic E-state index is 0.0208. The predicted octanol–water partition coefficient (Wildman–Crippen LogP) is 4.98. The quantitative estimate of drug-likeness (QED) is 0.104. The zero-order valence-electron chi connectivity index (χ0n) is 27.7. The van der Waals surface area contributed by atoms with Crippen LogP contribution in [0.1, 0.15) is 22.3 Å². The Balaban J connectivity index is 1.37. The van der Waals surface area contributed by atoms with Crippen LogP contribution in [-0.2, 0) is 19.2 Å². The van der Waals surface area contributed by atoms with Crippen LogP contribution in [0.15, 0.2) is 133 Å². The molecule has 10 nitrogen and oxygen atoms in total. The summed E-state index contributed by atoms with van der Waals surface area (Å²) in [6.45, 7) is 0.0798. The van der Waals surface area contributed by atoms with Crippen LogP contribution in [0, 0.1) is 0 Å². The summed E-state index contributed by atoms with van der Waals surface area (Å²) in [5.41, 5.74) is 3.01. The summed E-state index contributed by atoms with van der Waals surface area (Å²) < 4.78 is 10.3. The van der Waals surface area contributed by atoms with Gasteiger partial charge in [-0.3, -0.25) is 19.2 Å². The number of rotatable bonds is 15. The van der Waals surface area contributed by atoms with Crippen molar-refractivity contribution in [3.63, 3.8) is 0 Å². The van der Waals surface area contributed by atoms with E-state index >= 15 is 0 Å². The van der Waals surface area contributed by atoms with Crippen LogP contribution in [0.25, 0.3) is 24.3 Å². The normalized spacial score (nSPS) is 11.6. The van der Waals surface area contributed by atoms with Crippen molar-refractivity contribution in [2.75, 3.05) is 27.3 Å². The van der Waals surface area contributed by atoms with Gasteiger partial charge in [-0.25, -0.2) is 0 Å². The molecule has 4 aromatic carbocycles. The molecule has 254 valence electrons. The van der Waals surface area contributed by atoms with Crippen molar-refractivity contribution in [2.24, 2.45) is 0 Å². The average Bonchev–Trinajstić information content (AvgIpc) is 3.15. The van der Waals surface area contributed by atoms with Gasteiger partial charge in [-0.15, -0.1) is 0 Å². The van der Waals surface area contributed by atoms with Crippen molar-refractivity contribution >= 4 is 47.9 Å². The number of hydrogen-bond donors (Lipinski definition) is 4. The standard InChI is InChI=1S/C40H38N4O6/c1-49-33-19-13-29(14-20-33)17-23-37(45)43-35(27-31-9-5-3-6-10-31)39(47)41-25-26-42-40(48)36(28-32-11-7-4-8-12-32)44-38(46)24-18-30-15-21-34(50-2)22-16-30/h3-24,27-28H,25-26H2,1-2H3,(H,41,47)(H,42,48)(H,43,45)(H,44,46)/b23-17+,24-18+,35-27-,36-28-. The number of benzene rings is 4. The first-order chi connectivity index (χ1) is 24.3. The van der Waals surface area contributed by atoms with Gasteiger partial charge in [0.25, 0.3) is 11.8 Å². The fourth-order valence-electron chi connectivity index (χ4n) is 4.41. The number of amides is 4. The van der Waals surface area contributed by atoms with E-state index in [4.69, 9.17) is 9.47 Å². The number of ether oxygens (including phenoxy) is 2. The first kappa shape index (κ1) is 36.2. The number of carbonyl (C=O) groups excluding carboxylic acids is 4. The summed E-state index contributed by atoms with van der Waals surface area (Å²) in [6, 6.07) is 32.5. The van der Waals surface area contributed by atoms with Crippen LogP contribution in [0.2, 0.25) is 0 Å². The van der Waals surface area contributed by atoms with Crippen molar-refractivity contribution in [2.45, 2.75) is 0 Å². The molecule has 4 amide bonds. The Morgan fingerprint density at radius 3 is 1.20 bits per heavy atom. The van der Waals surface area contributed by atoms with E-state index in [-0.39, 0.29) is 24.5 Å². The van der Waals surface area contributed by atoms with Gasteiger partial charge in [0.05, 0.1) is 14.2 Å². The SMILES string of the molecule is COc1ccc(/C=C/C(=O)N/C(=C\c2ccccc2)C(=O)NCCNC(=O)/C(=C/c2ccccc2)NC(=O)/C=C/c2ccc(OC)cc2)cc1. The third-order valence-electron chi connectivity index (χ3n) is 7.01. The summed E-state index contributed by atoms with van der Waals surface area (Å²) in [5.74, 6) is -0.715. The Hall–Kier alpha value is -6.68. The second-order valence-corrected chi connectivity index (χ2v) is 10.6. The molecule has 0 heterocycles. The van der Waals surface area contributed by atoms with Gasteiger partial charge in [-0.1, -0.05) is 84.9 Å². The summed E-state index contributed by atoms with van der Waals surface area (Å²) >= 11 is 0. The molecule has 0 spiro atoms. The first-order valence-electron chi connectivity index (χ1n) is 15.7. The van der Waals surface area contributed by atoms with Crippen LogP contribution in [-0.4, -0.2) is 50.9 Å². The van der Waals surface area contributed by atoms with Crippen LogP contribution in [0.3, 0.4) is 0 Å². The third-order valence-corrected chi connectivity index (χ3v) is 7.01. The van der Waals surface area contributed by atoms with E-state index in [2.05, 4.69) is 21.3 Å². The van der Waals surface area contributed by atoms with Gasteiger partial charge in [0.15, 0.2) is 0 Å². The third kappa shape index (κ3) is 12.2. The summed E-state index contributed by atoms with van der Waals surface area (Å²) in [5, 5.41) is 10.7. The number of nitrogens with one attached hydrogen (secondary N) is 4. The van der Waals surface area contributed by atoms with Gasteiger partial charge < -0.3 is 30.7 Å². The smallest absolute Gasteiger partial charge is 0.267 e. The van der Waals surface area contributed by atoms with Gasteiger partial charge in [-0.05, 0) is 70.8 Å². The predicted molar refractivity (Wildman–Crippen MR) is 195 cm³/mol. The zero-order valence-corrected chi connectivity index (χ0v) is 27.7. The van der Waals surface area contributed by atoms with Crippen LogP contribution in [0.5, 0.6) is 11.5 Å². The molecule has 4 aromatic rings. The fraction of sp³-hybridized carbons (Fsp3) is 0.100. The molecule has 0 saturated heterocycles. The molecule has 0 aliphatic heterocycles. The van der Waals surface area contributed by atoms with E-state index in [1.807, 2.05) is 36.4 Å². The van der Waals surface area contributed by atoms with Gasteiger partial charge in [0.1, 0.15) is 22.9 Å². The van der Waals surface area contributed by atoms with E-state index in [0.29, 0.717) is 22.6 Å². The maximum atomic E-state index is 13.2. The molecule has 0 radical (unpaired) electrons. The monoisotopic (exact) mass is 670 g/mol. The second kappa shape index (κ2) is 19.2. The van der Waals surface area contributed by atoms with Crippen molar-refractivity contribution in [3.8, 4) is 11.5 Å². The van der Waals surface area contributed by atoms with Crippen molar-refractivity contribution in [1.82, 2.24) is 21.3 Å². The second-order valence-electron chi connectivity index (χ2n) is 10.6. The number of carbonyl (C=O) groups is 4. The molecule has 50 heavy (non-hydrogen) atoms. The minimum atomic E-state index is -0.550. The lowest BCUT2D eigenvalue weighted by atomic mass is 10.1. The number of methoxy groups -OCH3 is 2. The lowest BCUT2D eigenvalue weighted by molar-refractivity contribution is -0.121. The molecule has 10 heteroatoms. The summed E-state index contributed by atoms with van der Waals surface area (Å²) in [6.07, 6.45) is 9.02. The van der Waals surface area contributed by atoms with Gasteiger partial charge in [-0.2, -0.15) is 0 Å². The highest BCUT2D eigenvalue weighted by Gasteiger charge is 2.14. The summed E-state index contributed by atoms with van der Waals surface area (Å²) in [7, 11) is 3.14. The van der Waals surface area contributed by atoms with Gasteiger partial charge in [0.2, 0.25) is 11.8 Å². The van der Waals surface area contributed by atoms with E-state index in [1.165, 1.54) is 12.2 Å². The molecule has 0 aliphatic carbocycles. The Labute approximate surface area is 291 Å². The molecule has 0 bridgehead atoms. The lowest BCUT2D eigenvalue weighted by Crippen LogP contribution is -2.40. The molecule has 0 aromatic heterocycles. The Morgan fingerprint density at radius 1 is 0.500 bits per heavy atom. The van der Waals surface area contributed by atoms with Crippen LogP contribution < -0.4 is 30.7 Å². The van der Waals surface area contributed by atoms with Crippen LogP contribution >= 0.6 is 0 Å². The Kier molecular flexibility index (Phi) is 13.9. The molecular formula is C40H38N4O6. The van der Waals surface area contributed by atoms with Crippen molar-refractivity contribution in [1.29, 1.82) is 0 Å². The zero-order chi connectivity index (χ0) is 35.6. The van der Waals surface area contributed by atoms with E-state index in [9.17, 15) is 19.2 Å². The minimum Gasteiger partial charge on any atom is -0.497 e. The van der Waals surface area contributed by atoms with E-state index in [1.54, 1.807) is 111 Å². The average molecular weight is 671 g/mol. The van der Waals surface area contributed by atoms with Crippen molar-refractivity contribution < 1.29 is 28.7 Å². The lowest BCUT2D eigenvalue weighted by Gasteiger charge is -2.12. The van der Waals surface area contributed by atoms with E-state index in [0.717, 1.165) is 11.1 Å². The molecular weight excluding hydrogens is 632 g/mol. The maximum Gasteiger partial charge on any atom is 0.267 e. The topological polar surface area (TPSA) is 135 Å². The molecule has 4 N–H and O–H groups in total. The molecule has 0 saturated carbocycles. The molecule has 0 aliphatic rings. The molecule has 0 atom stereocenters. The largest absolute Gasteiger partial charge is 0.497 e. The summed E-state index contributed by atoms with van der Waals surface area (Å²) in [4.78, 5) is 51.9. The van der Waals surface area contributed by atoms with Crippen LogP contribution in [0.4, 0.5) is 0 Å². The van der Waals surface area contributed by atoms with Crippen molar-refractivity contribution in [3.05, 3.63) is 155 Å². The highest BCUT2D eigenvalue weighted by atomic mass is 16.5. The Morgan fingerprint density at radius 2 is 0.860 bits per heavy atom. The Bertz CT molecular complexity index is 1730. The molecule has 0 unspecified atom stereocenters. The van der Waals surface area contributed by atoms with Gasteiger partial charge >= 0.3 is 0 Å². The number of hydrogen-bond acceptors (Lipinski definition) is 6. The fourth-order valence-corrected chi connectivity index (χ4v) is 4.41. The highest BCUT2D eigenvalue weighted by molar-refractivity contribution is 6.05. The molecule has 0 fully saturated rings. The maximum absolute atomic E-state index is 13.2. The van der Waals surface area contributed by atoms with Gasteiger partial charge in [0, 0.05) is 25.2 Å². The van der Waals surface area contributed by atoms with E-state index < -0.39 is 23.6 Å². The first-order valence-corrected chi connectivity index (χ1v) is 15.7. The molecule has 4 rings (SSSR count). The highest BCUT2D eigenvalue weighted by Crippen LogP contribution is 2.14.